The smallest absolute Gasteiger partial charge is 0.0402 e. The van der Waals surface area contributed by atoms with Crippen LogP contribution >= 0.6 is 31.9 Å². The van der Waals surface area contributed by atoms with Gasteiger partial charge in [0, 0.05) is 8.96 Å². The van der Waals surface area contributed by atoms with Gasteiger partial charge in [0.1, 0.15) is 0 Å². The standard InChI is InChI=1S/C18H12Br2/c19-17-15(11-13-7-3-1-4-8-13)16(18(17)20)12-14-9-5-2-6-10-14/h1-12H/b15-11+,16-12+. The molecule has 0 saturated carbocycles. The Hall–Kier alpha value is -1.38. The fourth-order valence-corrected chi connectivity index (χ4v) is 3.21. The Morgan fingerprint density at radius 1 is 0.550 bits per heavy atom. The molecule has 1 aliphatic rings. The van der Waals surface area contributed by atoms with Crippen molar-refractivity contribution >= 4 is 44.0 Å². The van der Waals surface area contributed by atoms with Crippen molar-refractivity contribution in [1.82, 2.24) is 0 Å². The molecule has 0 bridgehead atoms. The van der Waals surface area contributed by atoms with Crippen molar-refractivity contribution in [3.05, 3.63) is 91.9 Å². The Morgan fingerprint density at radius 2 is 0.900 bits per heavy atom. The van der Waals surface area contributed by atoms with Crippen molar-refractivity contribution in [2.75, 3.05) is 0 Å². The van der Waals surface area contributed by atoms with Gasteiger partial charge in [0.15, 0.2) is 0 Å². The molecule has 0 aliphatic heterocycles. The molecule has 0 spiro atoms. The molecule has 0 radical (unpaired) electrons. The molecule has 0 nitrogen and oxygen atoms in total. The molecule has 3 rings (SSSR count). The maximum absolute atomic E-state index is 3.63. The number of halogens is 2. The van der Waals surface area contributed by atoms with Crippen LogP contribution in [0.2, 0.25) is 0 Å². The summed E-state index contributed by atoms with van der Waals surface area (Å²) in [6, 6.07) is 20.7. The predicted octanol–water partition coefficient (Wildman–Crippen LogP) is 6.17. The molecule has 2 heteroatoms. The van der Waals surface area contributed by atoms with Crippen molar-refractivity contribution in [3.63, 3.8) is 0 Å². The zero-order valence-corrected chi connectivity index (χ0v) is 13.9. The normalized spacial score (nSPS) is 18.5. The fraction of sp³-hybridized carbons (Fsp3) is 0. The zero-order valence-electron chi connectivity index (χ0n) is 10.7. The van der Waals surface area contributed by atoms with Crippen molar-refractivity contribution in [1.29, 1.82) is 0 Å². The molecule has 98 valence electrons. The molecular formula is C18H12Br2. The number of hydrogen-bond donors (Lipinski definition) is 0. The second-order valence-corrected chi connectivity index (χ2v) is 6.15. The summed E-state index contributed by atoms with van der Waals surface area (Å²) in [6.45, 7) is 0. The molecule has 2 aromatic rings. The third-order valence-corrected chi connectivity index (χ3v) is 5.36. The first-order valence-corrected chi connectivity index (χ1v) is 7.94. The second-order valence-electron chi connectivity index (χ2n) is 4.57. The first-order valence-electron chi connectivity index (χ1n) is 6.35. The highest BCUT2D eigenvalue weighted by atomic mass is 79.9. The first kappa shape index (κ1) is 13.6. The Balaban J connectivity index is 2.00. The van der Waals surface area contributed by atoms with Crippen LogP contribution in [0.5, 0.6) is 0 Å². The van der Waals surface area contributed by atoms with E-state index in [4.69, 9.17) is 0 Å². The summed E-state index contributed by atoms with van der Waals surface area (Å²) in [6.07, 6.45) is 4.40. The van der Waals surface area contributed by atoms with E-state index in [1.54, 1.807) is 0 Å². The summed E-state index contributed by atoms with van der Waals surface area (Å²) in [7, 11) is 0. The lowest BCUT2D eigenvalue weighted by molar-refractivity contribution is 1.44. The minimum Gasteiger partial charge on any atom is -0.0622 e. The molecule has 0 heterocycles. The molecule has 2 aromatic carbocycles. The van der Waals surface area contributed by atoms with Gasteiger partial charge < -0.3 is 0 Å². The highest BCUT2D eigenvalue weighted by Crippen LogP contribution is 2.48. The van der Waals surface area contributed by atoms with Gasteiger partial charge in [-0.1, -0.05) is 60.7 Å². The van der Waals surface area contributed by atoms with Gasteiger partial charge in [-0.3, -0.25) is 0 Å². The lowest BCUT2D eigenvalue weighted by Crippen LogP contribution is -2.04. The molecule has 0 fully saturated rings. The minimum absolute atomic E-state index is 1.13. The molecule has 1 aliphatic carbocycles. The van der Waals surface area contributed by atoms with Crippen LogP contribution in [-0.4, -0.2) is 0 Å². The topological polar surface area (TPSA) is 0 Å². The summed E-state index contributed by atoms with van der Waals surface area (Å²) in [4.78, 5) is 0. The van der Waals surface area contributed by atoms with Crippen LogP contribution in [0.1, 0.15) is 11.1 Å². The van der Waals surface area contributed by atoms with Gasteiger partial charge in [0.05, 0.1) is 0 Å². The largest absolute Gasteiger partial charge is 0.0622 e. The van der Waals surface area contributed by atoms with Gasteiger partial charge in [0.2, 0.25) is 0 Å². The highest BCUT2D eigenvalue weighted by Gasteiger charge is 2.25. The SMILES string of the molecule is BrC1=C(Br)C(=C/c2ccccc2)/C1=C\c1ccccc1. The van der Waals surface area contributed by atoms with E-state index in [9.17, 15) is 0 Å². The van der Waals surface area contributed by atoms with E-state index >= 15 is 0 Å². The van der Waals surface area contributed by atoms with E-state index < -0.39 is 0 Å². The van der Waals surface area contributed by atoms with Crippen molar-refractivity contribution in [2.45, 2.75) is 0 Å². The van der Waals surface area contributed by atoms with Crippen LogP contribution in [0.3, 0.4) is 0 Å². The van der Waals surface area contributed by atoms with E-state index in [0.29, 0.717) is 0 Å². The minimum atomic E-state index is 1.13. The Bertz CT molecular complexity index is 644. The lowest BCUT2D eigenvalue weighted by atomic mass is 9.91. The number of hydrogen-bond acceptors (Lipinski definition) is 0. The molecule has 0 saturated heterocycles. The Labute approximate surface area is 135 Å². The van der Waals surface area contributed by atoms with E-state index in [1.807, 2.05) is 12.1 Å². The number of benzene rings is 2. The predicted molar refractivity (Wildman–Crippen MR) is 93.7 cm³/mol. The maximum Gasteiger partial charge on any atom is 0.0402 e. The molecule has 0 aromatic heterocycles. The zero-order chi connectivity index (χ0) is 13.9. The first-order chi connectivity index (χ1) is 9.75. The number of rotatable bonds is 2. The highest BCUT2D eigenvalue weighted by molar-refractivity contribution is 9.14. The third-order valence-electron chi connectivity index (χ3n) is 3.18. The van der Waals surface area contributed by atoms with Gasteiger partial charge in [-0.2, -0.15) is 0 Å². The van der Waals surface area contributed by atoms with E-state index in [2.05, 4.69) is 92.5 Å². The average molecular weight is 388 g/mol. The van der Waals surface area contributed by atoms with Crippen LogP contribution < -0.4 is 0 Å². The summed E-state index contributed by atoms with van der Waals surface area (Å²) >= 11 is 7.25. The van der Waals surface area contributed by atoms with Crippen LogP contribution in [-0.2, 0) is 0 Å². The van der Waals surface area contributed by atoms with Gasteiger partial charge in [-0.25, -0.2) is 0 Å². The summed E-state index contributed by atoms with van der Waals surface area (Å²) in [5, 5.41) is 0. The van der Waals surface area contributed by atoms with Crippen LogP contribution in [0.15, 0.2) is 80.8 Å². The van der Waals surface area contributed by atoms with Crippen molar-refractivity contribution in [2.24, 2.45) is 0 Å². The Kier molecular flexibility index (Phi) is 4.04. The average Bonchev–Trinajstić information content (AvgIpc) is 2.52. The van der Waals surface area contributed by atoms with Gasteiger partial charge in [-0.05, 0) is 66.3 Å². The second kappa shape index (κ2) is 5.94. The van der Waals surface area contributed by atoms with Gasteiger partial charge >= 0.3 is 0 Å². The third kappa shape index (κ3) is 2.72. The molecule has 20 heavy (non-hydrogen) atoms. The molecule has 0 atom stereocenters. The number of allylic oxidation sites excluding steroid dienone is 4. The Morgan fingerprint density at radius 3 is 1.25 bits per heavy atom. The van der Waals surface area contributed by atoms with E-state index in [1.165, 1.54) is 22.3 Å². The van der Waals surface area contributed by atoms with Crippen molar-refractivity contribution in [3.8, 4) is 0 Å². The molecule has 0 N–H and O–H groups in total. The molecule has 0 amide bonds. The van der Waals surface area contributed by atoms with Crippen molar-refractivity contribution < 1.29 is 0 Å². The summed E-state index contributed by atoms with van der Waals surface area (Å²) in [5.41, 5.74) is 4.87. The van der Waals surface area contributed by atoms with Gasteiger partial charge in [-0.15, -0.1) is 0 Å². The monoisotopic (exact) mass is 386 g/mol. The molecular weight excluding hydrogens is 376 g/mol. The van der Waals surface area contributed by atoms with E-state index in [-0.39, 0.29) is 0 Å². The van der Waals surface area contributed by atoms with Crippen LogP contribution in [0.4, 0.5) is 0 Å². The fourth-order valence-electron chi connectivity index (χ4n) is 2.12. The molecule has 0 unspecified atom stereocenters. The van der Waals surface area contributed by atoms with Gasteiger partial charge in [0.25, 0.3) is 0 Å². The van der Waals surface area contributed by atoms with Crippen LogP contribution in [0, 0.1) is 0 Å². The van der Waals surface area contributed by atoms with Crippen LogP contribution in [0.25, 0.3) is 12.2 Å². The maximum atomic E-state index is 3.63. The lowest BCUT2D eigenvalue weighted by Gasteiger charge is -2.23. The summed E-state index contributed by atoms with van der Waals surface area (Å²) in [5.74, 6) is 0. The quantitative estimate of drug-likeness (QED) is 0.578. The van der Waals surface area contributed by atoms with E-state index in [0.717, 1.165) is 8.96 Å². The summed E-state index contributed by atoms with van der Waals surface area (Å²) < 4.78 is 2.26.